The molecular weight excluding hydrogens is 192 g/mol. The summed E-state index contributed by atoms with van der Waals surface area (Å²) in [6.45, 7) is 5.60. The van der Waals surface area contributed by atoms with E-state index in [1.165, 1.54) is 0 Å². The molecule has 2 aliphatic heterocycles. The van der Waals surface area contributed by atoms with Gasteiger partial charge in [0.05, 0.1) is 12.1 Å². The summed E-state index contributed by atoms with van der Waals surface area (Å²) in [5.74, 6) is 0.609. The number of hydrogen-bond acceptors (Lipinski definition) is 3. The molecule has 0 saturated carbocycles. The number of carbonyl (C=O) groups is 1. The number of amides is 1. The number of nitrogens with zero attached hydrogens (tertiary/aromatic N) is 2. The van der Waals surface area contributed by atoms with Crippen molar-refractivity contribution in [3.63, 3.8) is 0 Å². The molecule has 0 radical (unpaired) electrons. The van der Waals surface area contributed by atoms with Gasteiger partial charge in [-0.3, -0.25) is 4.79 Å². The number of hydrogen-bond donors (Lipinski definition) is 0. The van der Waals surface area contributed by atoms with Gasteiger partial charge in [-0.15, -0.1) is 0 Å². The smallest absolute Gasteiger partial charge is 0.248 e. The van der Waals surface area contributed by atoms with Crippen LogP contribution >= 0.6 is 0 Å². The van der Waals surface area contributed by atoms with Crippen LogP contribution in [0.3, 0.4) is 0 Å². The molecule has 0 aromatic heterocycles. The van der Waals surface area contributed by atoms with E-state index < -0.39 is 0 Å². The van der Waals surface area contributed by atoms with Crippen molar-refractivity contribution in [3.05, 3.63) is 0 Å². The monoisotopic (exact) mass is 210 g/mol. The third-order valence-electron chi connectivity index (χ3n) is 3.01. The van der Waals surface area contributed by atoms with Gasteiger partial charge in [0, 0.05) is 25.2 Å². The van der Waals surface area contributed by atoms with E-state index in [2.05, 4.69) is 5.10 Å². The summed E-state index contributed by atoms with van der Waals surface area (Å²) in [6, 6.07) is 0.176. The maximum atomic E-state index is 11.6. The van der Waals surface area contributed by atoms with E-state index >= 15 is 0 Å². The van der Waals surface area contributed by atoms with Crippen LogP contribution in [0, 0.1) is 5.92 Å². The molecule has 2 rings (SSSR count). The predicted molar refractivity (Wildman–Crippen MR) is 57.6 cm³/mol. The van der Waals surface area contributed by atoms with E-state index in [9.17, 15) is 4.79 Å². The molecular formula is C11H18N2O2. The van der Waals surface area contributed by atoms with Gasteiger partial charge in [0.15, 0.2) is 0 Å². The van der Waals surface area contributed by atoms with Crippen LogP contribution in [0.4, 0.5) is 0 Å². The van der Waals surface area contributed by atoms with Crippen molar-refractivity contribution in [1.29, 1.82) is 0 Å². The van der Waals surface area contributed by atoms with Crippen molar-refractivity contribution in [2.45, 2.75) is 39.2 Å². The molecule has 0 atom stereocenters. The maximum absolute atomic E-state index is 11.6. The van der Waals surface area contributed by atoms with Crippen molar-refractivity contribution < 1.29 is 9.53 Å². The van der Waals surface area contributed by atoms with Crippen molar-refractivity contribution in [2.75, 3.05) is 13.2 Å². The van der Waals surface area contributed by atoms with Crippen LogP contribution in [0.2, 0.25) is 0 Å². The third kappa shape index (κ3) is 2.20. The topological polar surface area (TPSA) is 41.9 Å². The molecule has 4 heteroatoms. The molecule has 2 heterocycles. The van der Waals surface area contributed by atoms with Crippen molar-refractivity contribution >= 4 is 11.6 Å². The van der Waals surface area contributed by atoms with Gasteiger partial charge in [0.1, 0.15) is 0 Å². The van der Waals surface area contributed by atoms with Crippen LogP contribution in [0.5, 0.6) is 0 Å². The second-order valence-electron chi connectivity index (χ2n) is 4.49. The Morgan fingerprint density at radius 2 is 2.07 bits per heavy atom. The van der Waals surface area contributed by atoms with Crippen LogP contribution in [0.15, 0.2) is 5.10 Å². The Bertz CT molecular complexity index is 280. The Hall–Kier alpha value is -0.900. The SMILES string of the molecule is CC(C)N1N=C(C2CCOCC2)CC1=O. The van der Waals surface area contributed by atoms with E-state index in [0.29, 0.717) is 12.3 Å². The van der Waals surface area contributed by atoms with Crippen molar-refractivity contribution in [3.8, 4) is 0 Å². The lowest BCUT2D eigenvalue weighted by atomic mass is 9.93. The summed E-state index contributed by atoms with van der Waals surface area (Å²) in [5, 5.41) is 6.05. The molecule has 0 unspecified atom stereocenters. The van der Waals surface area contributed by atoms with Crippen LogP contribution in [0.25, 0.3) is 0 Å². The number of carbonyl (C=O) groups excluding carboxylic acids is 1. The van der Waals surface area contributed by atoms with E-state index in [4.69, 9.17) is 4.74 Å². The number of ether oxygens (including phenoxy) is 1. The molecule has 0 bridgehead atoms. The van der Waals surface area contributed by atoms with E-state index in [0.717, 1.165) is 31.8 Å². The Labute approximate surface area is 90.3 Å². The lowest BCUT2D eigenvalue weighted by Crippen LogP contribution is -2.27. The average Bonchev–Trinajstić information content (AvgIpc) is 2.62. The van der Waals surface area contributed by atoms with Gasteiger partial charge in [0.25, 0.3) is 0 Å². The minimum absolute atomic E-state index is 0.145. The first kappa shape index (κ1) is 10.6. The maximum Gasteiger partial charge on any atom is 0.248 e. The van der Waals surface area contributed by atoms with Crippen LogP contribution in [0.1, 0.15) is 33.1 Å². The zero-order valence-corrected chi connectivity index (χ0v) is 9.40. The minimum atomic E-state index is 0.145. The third-order valence-corrected chi connectivity index (χ3v) is 3.01. The predicted octanol–water partition coefficient (Wildman–Crippen LogP) is 1.41. The summed E-state index contributed by atoms with van der Waals surface area (Å²) < 4.78 is 5.31. The summed E-state index contributed by atoms with van der Waals surface area (Å²) in [7, 11) is 0. The first-order valence-electron chi connectivity index (χ1n) is 5.65. The highest BCUT2D eigenvalue weighted by Gasteiger charge is 2.31. The fourth-order valence-electron chi connectivity index (χ4n) is 2.13. The largest absolute Gasteiger partial charge is 0.381 e. The standard InChI is InChI=1S/C11H18N2O2/c1-8(2)13-11(14)7-10(12-13)9-3-5-15-6-4-9/h8-9H,3-7H2,1-2H3. The van der Waals surface area contributed by atoms with E-state index in [1.54, 1.807) is 5.01 Å². The normalized spacial score (nSPS) is 23.8. The molecule has 0 N–H and O–H groups in total. The lowest BCUT2D eigenvalue weighted by Gasteiger charge is -2.21. The van der Waals surface area contributed by atoms with Gasteiger partial charge < -0.3 is 4.74 Å². The molecule has 84 valence electrons. The van der Waals surface area contributed by atoms with Gasteiger partial charge in [-0.2, -0.15) is 5.10 Å². The Morgan fingerprint density at radius 1 is 1.40 bits per heavy atom. The quantitative estimate of drug-likeness (QED) is 0.691. The molecule has 1 amide bonds. The van der Waals surface area contributed by atoms with Crippen molar-refractivity contribution in [2.24, 2.45) is 11.0 Å². The van der Waals surface area contributed by atoms with Gasteiger partial charge in [-0.25, -0.2) is 5.01 Å². The highest BCUT2D eigenvalue weighted by molar-refractivity contribution is 6.06. The molecule has 0 spiro atoms. The van der Waals surface area contributed by atoms with E-state index in [-0.39, 0.29) is 11.9 Å². The Morgan fingerprint density at radius 3 is 2.60 bits per heavy atom. The van der Waals surface area contributed by atoms with Gasteiger partial charge in [0.2, 0.25) is 5.91 Å². The van der Waals surface area contributed by atoms with Crippen LogP contribution in [-0.2, 0) is 9.53 Å². The molecule has 1 saturated heterocycles. The summed E-state index contributed by atoms with van der Waals surface area (Å²) in [5.41, 5.74) is 1.07. The number of hydrazone groups is 1. The Balaban J connectivity index is 2.04. The zero-order chi connectivity index (χ0) is 10.8. The van der Waals surface area contributed by atoms with Crippen LogP contribution < -0.4 is 0 Å². The molecule has 15 heavy (non-hydrogen) atoms. The molecule has 2 aliphatic rings. The summed E-state index contributed by atoms with van der Waals surface area (Å²) >= 11 is 0. The average molecular weight is 210 g/mol. The zero-order valence-electron chi connectivity index (χ0n) is 9.40. The highest BCUT2D eigenvalue weighted by atomic mass is 16.5. The fraction of sp³-hybridized carbons (Fsp3) is 0.818. The first-order valence-corrected chi connectivity index (χ1v) is 5.65. The van der Waals surface area contributed by atoms with E-state index in [1.807, 2.05) is 13.8 Å². The molecule has 0 aliphatic carbocycles. The summed E-state index contributed by atoms with van der Waals surface area (Å²) in [6.07, 6.45) is 2.54. The number of rotatable bonds is 2. The molecule has 0 aromatic carbocycles. The molecule has 0 aromatic rings. The van der Waals surface area contributed by atoms with Gasteiger partial charge >= 0.3 is 0 Å². The second kappa shape index (κ2) is 4.31. The van der Waals surface area contributed by atoms with Gasteiger partial charge in [-0.05, 0) is 26.7 Å². The Kier molecular flexibility index (Phi) is 3.05. The summed E-state index contributed by atoms with van der Waals surface area (Å²) in [4.78, 5) is 11.6. The second-order valence-corrected chi connectivity index (χ2v) is 4.49. The highest BCUT2D eigenvalue weighted by Crippen LogP contribution is 2.23. The molecule has 1 fully saturated rings. The van der Waals surface area contributed by atoms with Crippen LogP contribution in [-0.4, -0.2) is 35.9 Å². The molecule has 4 nitrogen and oxygen atoms in total. The van der Waals surface area contributed by atoms with Crippen molar-refractivity contribution in [1.82, 2.24) is 5.01 Å². The lowest BCUT2D eigenvalue weighted by molar-refractivity contribution is -0.130. The fourth-order valence-corrected chi connectivity index (χ4v) is 2.13. The minimum Gasteiger partial charge on any atom is -0.381 e. The van der Waals surface area contributed by atoms with Gasteiger partial charge in [-0.1, -0.05) is 0 Å². The first-order chi connectivity index (χ1) is 7.18.